The van der Waals surface area contributed by atoms with Gasteiger partial charge in [-0.25, -0.2) is 9.59 Å². The van der Waals surface area contributed by atoms with Crippen molar-refractivity contribution < 1.29 is 68.5 Å². The number of phenols is 4. The summed E-state index contributed by atoms with van der Waals surface area (Å²) in [5.74, 6) is 0.0923. The molecule has 0 saturated carbocycles. The molecule has 0 aromatic heterocycles. The Morgan fingerprint density at radius 1 is 0.386 bits per heavy atom. The second kappa shape index (κ2) is 32.7. The number of aliphatic hydroxyl groups excluding tert-OH is 1. The minimum absolute atomic E-state index is 0. The third kappa shape index (κ3) is 24.6. The van der Waals surface area contributed by atoms with Crippen molar-refractivity contribution in [2.75, 3.05) is 6.38 Å². The van der Waals surface area contributed by atoms with Crippen molar-refractivity contribution in [3.63, 3.8) is 0 Å². The highest BCUT2D eigenvalue weighted by molar-refractivity contribution is 6.67. The lowest BCUT2D eigenvalue weighted by Gasteiger charge is -2.28. The molecule has 0 amide bonds. The summed E-state index contributed by atoms with van der Waals surface area (Å²) >= 11 is 9.85. The summed E-state index contributed by atoms with van der Waals surface area (Å²) in [5.41, 5.74) is 7.51. The van der Waals surface area contributed by atoms with Crippen molar-refractivity contribution in [2.24, 2.45) is 0 Å². The van der Waals surface area contributed by atoms with E-state index in [0.717, 1.165) is 50.1 Å². The highest BCUT2D eigenvalue weighted by atomic mass is 35.5. The number of alkyl halides is 1. The standard InChI is InChI=1S/C24H30O5.C22H28O4.C15H24O2.C9H7ClO3.CH3Cl.CH4/c1-15(25)29-18-10-8-17(9-11-18)22(27)28-14-16-12-19(23(2,3)4)21(26)20(13-16)24(5,6)7;1-21(2,3)17-11-14(12-18(19(17)24)22(4,5)6)13-26-20(25)15-7-9-16(23)10-8-15;1-14(2,3)11-7-10(9-16)8-12(13(11)17)15(4,5)6;1-6(11)13-8-4-2-7(3-5-8)9(10)12;1-2;/h8-13,26H,14H2,1-7H3;7-12,23-24H,13H2,1-6H3;7-8,16-17H,9H2,1-6H3;2-5H,1H3;1H3;1H4. The fourth-order valence-electron chi connectivity index (χ4n) is 8.48. The number of aromatic hydroxyl groups is 4. The van der Waals surface area contributed by atoms with Crippen LogP contribution in [-0.4, -0.2) is 61.0 Å². The Morgan fingerprint density at radius 2 is 0.614 bits per heavy atom. The van der Waals surface area contributed by atoms with Crippen molar-refractivity contribution in [3.8, 4) is 34.5 Å². The number of carbonyl (C=O) groups is 5. The average molecular weight is 1260 g/mol. The zero-order chi connectivity index (χ0) is 67.0. The zero-order valence-corrected chi connectivity index (χ0v) is 56.2. The third-order valence-corrected chi connectivity index (χ3v) is 13.3. The molecular weight excluding hydrogens is 1160 g/mol. The minimum atomic E-state index is -0.533. The Morgan fingerprint density at radius 3 is 0.830 bits per heavy atom. The molecule has 6 rings (SSSR count). The Hall–Kier alpha value is -7.39. The second-order valence-corrected chi connectivity index (χ2v) is 27.3. The molecule has 6 aromatic carbocycles. The summed E-state index contributed by atoms with van der Waals surface area (Å²) in [6, 6.07) is 29.5. The summed E-state index contributed by atoms with van der Waals surface area (Å²) in [6.07, 6.45) is 1.47. The molecule has 0 heterocycles. The molecule has 88 heavy (non-hydrogen) atoms. The first-order valence-electron chi connectivity index (χ1n) is 28.3. The van der Waals surface area contributed by atoms with Gasteiger partial charge in [-0.3, -0.25) is 14.4 Å². The van der Waals surface area contributed by atoms with E-state index in [9.17, 15) is 49.5 Å². The van der Waals surface area contributed by atoms with Gasteiger partial charge < -0.3 is 44.5 Å². The van der Waals surface area contributed by atoms with Gasteiger partial charge in [-0.05, 0) is 203 Å². The number of phenolic OH excluding ortho intramolecular Hbond substituents is 4. The molecule has 0 unspecified atom stereocenters. The number of ether oxygens (including phenoxy) is 4. The first kappa shape index (κ1) is 78.6. The Labute approximate surface area is 533 Å². The number of benzene rings is 6. The summed E-state index contributed by atoms with van der Waals surface area (Å²) in [7, 11) is 0. The lowest BCUT2D eigenvalue weighted by atomic mass is 9.78. The van der Waals surface area contributed by atoms with E-state index in [1.54, 1.807) is 24.3 Å². The highest BCUT2D eigenvalue weighted by Gasteiger charge is 2.30. The van der Waals surface area contributed by atoms with E-state index in [1.165, 1.54) is 68.8 Å². The van der Waals surface area contributed by atoms with Crippen LogP contribution in [-0.2, 0) is 71.4 Å². The van der Waals surface area contributed by atoms with Crippen molar-refractivity contribution >= 4 is 52.3 Å². The molecule has 0 aliphatic heterocycles. The molecule has 0 bridgehead atoms. The number of carbonyl (C=O) groups excluding carboxylic acids is 5. The van der Waals surface area contributed by atoms with Crippen LogP contribution >= 0.6 is 23.2 Å². The monoisotopic (exact) mass is 1250 g/mol. The average Bonchev–Trinajstić information content (AvgIpc) is 3.48. The quantitative estimate of drug-likeness (QED) is 0.0373. The van der Waals surface area contributed by atoms with Gasteiger partial charge in [0.25, 0.3) is 5.24 Å². The summed E-state index contributed by atoms with van der Waals surface area (Å²) in [4.78, 5) is 56.7. The topological polar surface area (TPSA) is 223 Å². The van der Waals surface area contributed by atoms with Gasteiger partial charge in [0.2, 0.25) is 0 Å². The fraction of sp³-hybridized carbons (Fsp3) is 0.431. The molecule has 5 N–H and O–H groups in total. The van der Waals surface area contributed by atoms with E-state index >= 15 is 0 Å². The maximum atomic E-state index is 12.4. The first-order valence-corrected chi connectivity index (χ1v) is 29.5. The van der Waals surface area contributed by atoms with Crippen molar-refractivity contribution in [1.29, 1.82) is 0 Å². The molecule has 0 aliphatic carbocycles. The minimum Gasteiger partial charge on any atom is -0.508 e. The maximum Gasteiger partial charge on any atom is 0.338 e. The summed E-state index contributed by atoms with van der Waals surface area (Å²) in [6.45, 7) is 39.7. The molecule has 0 spiro atoms. The number of rotatable bonds is 10. The van der Waals surface area contributed by atoms with Gasteiger partial charge in [0.1, 0.15) is 47.7 Å². The van der Waals surface area contributed by atoms with E-state index in [4.69, 9.17) is 30.5 Å². The molecule has 14 nitrogen and oxygen atoms in total. The molecule has 6 aromatic rings. The summed E-state index contributed by atoms with van der Waals surface area (Å²) < 4.78 is 20.6. The molecular formula is C72H96Cl2O14. The predicted molar refractivity (Wildman–Crippen MR) is 353 cm³/mol. The van der Waals surface area contributed by atoms with Crippen LogP contribution in [0.5, 0.6) is 34.5 Å². The molecule has 0 atom stereocenters. The van der Waals surface area contributed by atoms with E-state index < -0.39 is 29.1 Å². The van der Waals surface area contributed by atoms with Gasteiger partial charge in [0.05, 0.1) is 17.7 Å². The molecule has 0 aliphatic rings. The van der Waals surface area contributed by atoms with Gasteiger partial charge in [-0.15, -0.1) is 11.6 Å². The van der Waals surface area contributed by atoms with Crippen LogP contribution in [0, 0.1) is 0 Å². The Kier molecular flexibility index (Phi) is 29.2. The fourth-order valence-corrected chi connectivity index (χ4v) is 8.60. The molecule has 482 valence electrons. The zero-order valence-electron chi connectivity index (χ0n) is 54.7. The van der Waals surface area contributed by atoms with Gasteiger partial charge in [-0.1, -0.05) is 132 Å². The van der Waals surface area contributed by atoms with Gasteiger partial charge in [0, 0.05) is 25.8 Å². The van der Waals surface area contributed by atoms with Crippen LogP contribution in [0.4, 0.5) is 0 Å². The second-order valence-electron chi connectivity index (χ2n) is 27.0. The molecule has 16 heteroatoms. The van der Waals surface area contributed by atoms with E-state index in [1.807, 2.05) is 119 Å². The smallest absolute Gasteiger partial charge is 0.338 e. The maximum absolute atomic E-state index is 12.4. The van der Waals surface area contributed by atoms with Crippen LogP contribution < -0.4 is 9.47 Å². The third-order valence-electron chi connectivity index (χ3n) is 13.1. The van der Waals surface area contributed by atoms with E-state index in [0.29, 0.717) is 45.4 Å². The van der Waals surface area contributed by atoms with Crippen LogP contribution in [0.1, 0.15) is 227 Å². The Bertz CT molecular complexity index is 3180. The van der Waals surface area contributed by atoms with Crippen LogP contribution in [0.2, 0.25) is 0 Å². The van der Waals surface area contributed by atoms with E-state index in [-0.39, 0.29) is 65.5 Å². The molecule has 0 saturated heterocycles. The van der Waals surface area contributed by atoms with Crippen LogP contribution in [0.15, 0.2) is 109 Å². The number of hydrogen-bond acceptors (Lipinski definition) is 14. The SMILES string of the molecule is C.CC(=O)Oc1ccc(C(=O)Cl)cc1.CC(=O)Oc1ccc(C(=O)OCc2cc(C(C)(C)C)c(O)c(C(C)(C)C)c2)cc1.CC(C)(C)c1cc(CO)cc(C(C)(C)C)c1O.CC(C)(C)c1cc(COC(=O)c2ccc(O)cc2)cc(C(C)(C)C)c1O.CCl. The molecule has 0 fully saturated rings. The number of aliphatic hydroxyl groups is 1. The summed E-state index contributed by atoms with van der Waals surface area (Å²) in [5, 5.41) is 50.0. The lowest BCUT2D eigenvalue weighted by Crippen LogP contribution is -2.18. The number of esters is 4. The van der Waals surface area contributed by atoms with E-state index in [2.05, 4.69) is 53.1 Å². The lowest BCUT2D eigenvalue weighted by molar-refractivity contribution is -0.132. The highest BCUT2D eigenvalue weighted by Crippen LogP contribution is 2.43. The largest absolute Gasteiger partial charge is 0.508 e. The van der Waals surface area contributed by atoms with Crippen LogP contribution in [0.3, 0.4) is 0 Å². The van der Waals surface area contributed by atoms with Gasteiger partial charge in [-0.2, -0.15) is 0 Å². The number of halogens is 2. The Balaban J connectivity index is 0.000000602. The van der Waals surface area contributed by atoms with Crippen molar-refractivity contribution in [1.82, 2.24) is 0 Å². The number of hydrogen-bond donors (Lipinski definition) is 5. The first-order chi connectivity index (χ1) is 39.8. The van der Waals surface area contributed by atoms with Crippen molar-refractivity contribution in [3.05, 3.63) is 176 Å². The van der Waals surface area contributed by atoms with Gasteiger partial charge >= 0.3 is 23.9 Å². The predicted octanol–water partition coefficient (Wildman–Crippen LogP) is 17.3. The van der Waals surface area contributed by atoms with Crippen LogP contribution in [0.25, 0.3) is 0 Å². The van der Waals surface area contributed by atoms with Crippen molar-refractivity contribution in [2.45, 2.75) is 198 Å². The molecule has 0 radical (unpaired) electrons. The normalized spacial score (nSPS) is 11.4. The van der Waals surface area contributed by atoms with Gasteiger partial charge in [0.15, 0.2) is 0 Å².